The Kier molecular flexibility index (Phi) is 9.06. The second kappa shape index (κ2) is 9.26. The van der Waals surface area contributed by atoms with Crippen molar-refractivity contribution in [2.24, 2.45) is 0 Å². The molecule has 0 heterocycles. The van der Waals surface area contributed by atoms with Crippen LogP contribution in [0.4, 0.5) is 0 Å². The van der Waals surface area contributed by atoms with Crippen LogP contribution in [0, 0.1) is 0 Å². The minimum atomic E-state index is 0.670. The van der Waals surface area contributed by atoms with Crippen molar-refractivity contribution in [1.29, 1.82) is 0 Å². The van der Waals surface area contributed by atoms with Crippen molar-refractivity contribution in [2.45, 2.75) is 65.3 Å². The zero-order valence-corrected chi connectivity index (χ0v) is 10.4. The lowest BCUT2D eigenvalue weighted by atomic mass is 10.1. The molecule has 0 saturated heterocycles. The quantitative estimate of drug-likeness (QED) is 0.674. The van der Waals surface area contributed by atoms with E-state index in [0.29, 0.717) is 6.04 Å². The van der Waals surface area contributed by atoms with Crippen LogP contribution < -0.4 is 5.32 Å². The molecular weight excluding hydrogens is 170 g/mol. The molecule has 1 aliphatic carbocycles. The highest BCUT2D eigenvalue weighted by Gasteiger charge is 2.05. The second-order valence-electron chi connectivity index (χ2n) is 3.84. The number of nitrogens with one attached hydrogen (secondary N) is 1. The molecule has 84 valence electrons. The van der Waals surface area contributed by atoms with E-state index in [4.69, 9.17) is 0 Å². The first-order valence-electron chi connectivity index (χ1n) is 6.18. The number of allylic oxidation sites excluding steroid dienone is 2. The molecule has 1 atom stereocenters. The van der Waals surface area contributed by atoms with Gasteiger partial charge >= 0.3 is 0 Å². The van der Waals surface area contributed by atoms with Crippen LogP contribution in [-0.2, 0) is 0 Å². The van der Waals surface area contributed by atoms with Gasteiger partial charge in [-0.05, 0) is 52.5 Å². The fourth-order valence-corrected chi connectivity index (χ4v) is 1.72. The smallest absolute Gasteiger partial charge is 0.00386 e. The van der Waals surface area contributed by atoms with Crippen LogP contribution in [0.5, 0.6) is 0 Å². The summed E-state index contributed by atoms with van der Waals surface area (Å²) in [6.45, 7) is 6.24. The van der Waals surface area contributed by atoms with Gasteiger partial charge in [-0.3, -0.25) is 0 Å². The van der Waals surface area contributed by atoms with Crippen molar-refractivity contribution in [1.82, 2.24) is 5.32 Å². The summed E-state index contributed by atoms with van der Waals surface area (Å²) in [5.74, 6) is 0. The summed E-state index contributed by atoms with van der Waals surface area (Å²) in [6, 6.07) is 0.670. The standard InChI is InChI=1S/C11H21N.C2H6/c1-10(12-2)6-5-9-11-7-3-4-8-11;1-2/h9-10,12H,3-8H2,1-2H3;1-2H3. The summed E-state index contributed by atoms with van der Waals surface area (Å²) >= 11 is 0. The van der Waals surface area contributed by atoms with Crippen molar-refractivity contribution < 1.29 is 0 Å². The van der Waals surface area contributed by atoms with Gasteiger partial charge in [-0.1, -0.05) is 25.5 Å². The van der Waals surface area contributed by atoms with E-state index in [0.717, 1.165) is 0 Å². The molecule has 1 N–H and O–H groups in total. The summed E-state index contributed by atoms with van der Waals surface area (Å²) in [6.07, 6.45) is 10.6. The van der Waals surface area contributed by atoms with E-state index in [9.17, 15) is 0 Å². The van der Waals surface area contributed by atoms with E-state index >= 15 is 0 Å². The third-order valence-electron chi connectivity index (χ3n) is 2.77. The largest absolute Gasteiger partial charge is 0.317 e. The highest BCUT2D eigenvalue weighted by molar-refractivity contribution is 5.05. The summed E-state index contributed by atoms with van der Waals surface area (Å²) < 4.78 is 0. The minimum Gasteiger partial charge on any atom is -0.317 e. The van der Waals surface area contributed by atoms with Crippen molar-refractivity contribution >= 4 is 0 Å². The van der Waals surface area contributed by atoms with Crippen LogP contribution in [-0.4, -0.2) is 13.1 Å². The topological polar surface area (TPSA) is 12.0 Å². The van der Waals surface area contributed by atoms with Crippen LogP contribution >= 0.6 is 0 Å². The summed E-state index contributed by atoms with van der Waals surface area (Å²) in [4.78, 5) is 0. The lowest BCUT2D eigenvalue weighted by molar-refractivity contribution is 0.569. The van der Waals surface area contributed by atoms with E-state index in [-0.39, 0.29) is 0 Å². The van der Waals surface area contributed by atoms with Gasteiger partial charge in [0.05, 0.1) is 0 Å². The Balaban J connectivity index is 0.000000791. The Morgan fingerprint density at radius 3 is 2.36 bits per heavy atom. The lowest BCUT2D eigenvalue weighted by Gasteiger charge is -2.07. The number of rotatable bonds is 4. The second-order valence-corrected chi connectivity index (χ2v) is 3.84. The van der Waals surface area contributed by atoms with E-state index in [1.54, 1.807) is 5.57 Å². The molecule has 0 aliphatic heterocycles. The van der Waals surface area contributed by atoms with Crippen molar-refractivity contribution in [3.8, 4) is 0 Å². The molecule has 1 aliphatic rings. The average Bonchev–Trinajstić information content (AvgIpc) is 2.73. The first-order valence-corrected chi connectivity index (χ1v) is 6.18. The molecule has 0 radical (unpaired) electrons. The third-order valence-corrected chi connectivity index (χ3v) is 2.77. The molecular formula is C13H27N. The van der Waals surface area contributed by atoms with Gasteiger partial charge in [0.1, 0.15) is 0 Å². The Labute approximate surface area is 90.0 Å². The Bertz CT molecular complexity index is 141. The highest BCUT2D eigenvalue weighted by atomic mass is 14.8. The van der Waals surface area contributed by atoms with Gasteiger partial charge in [-0.2, -0.15) is 0 Å². The van der Waals surface area contributed by atoms with Crippen LogP contribution in [0.3, 0.4) is 0 Å². The maximum Gasteiger partial charge on any atom is 0.00386 e. The van der Waals surface area contributed by atoms with Crippen LogP contribution in [0.15, 0.2) is 11.6 Å². The number of hydrogen-bond acceptors (Lipinski definition) is 1. The predicted octanol–water partition coefficient (Wildman–Crippen LogP) is 3.90. The van der Waals surface area contributed by atoms with Crippen LogP contribution in [0.25, 0.3) is 0 Å². The normalized spacial score (nSPS) is 17.3. The zero-order valence-electron chi connectivity index (χ0n) is 10.4. The molecule has 1 saturated carbocycles. The van der Waals surface area contributed by atoms with E-state index in [1.807, 2.05) is 20.9 Å². The molecule has 0 spiro atoms. The Morgan fingerprint density at radius 2 is 1.86 bits per heavy atom. The first kappa shape index (κ1) is 13.7. The molecule has 0 aromatic rings. The van der Waals surface area contributed by atoms with E-state index in [1.165, 1.54) is 38.5 Å². The molecule has 1 nitrogen and oxygen atoms in total. The Morgan fingerprint density at radius 1 is 1.29 bits per heavy atom. The van der Waals surface area contributed by atoms with Gasteiger partial charge in [0, 0.05) is 6.04 Å². The summed E-state index contributed by atoms with van der Waals surface area (Å²) in [7, 11) is 2.04. The van der Waals surface area contributed by atoms with E-state index in [2.05, 4.69) is 18.3 Å². The molecule has 0 amide bonds. The molecule has 14 heavy (non-hydrogen) atoms. The molecule has 0 aromatic carbocycles. The maximum atomic E-state index is 3.26. The summed E-state index contributed by atoms with van der Waals surface area (Å²) in [5.41, 5.74) is 1.71. The van der Waals surface area contributed by atoms with Crippen molar-refractivity contribution in [2.75, 3.05) is 7.05 Å². The van der Waals surface area contributed by atoms with Gasteiger partial charge in [0.15, 0.2) is 0 Å². The molecule has 1 rings (SSSR count). The van der Waals surface area contributed by atoms with Crippen LogP contribution in [0.2, 0.25) is 0 Å². The van der Waals surface area contributed by atoms with Crippen molar-refractivity contribution in [3.63, 3.8) is 0 Å². The summed E-state index contributed by atoms with van der Waals surface area (Å²) in [5, 5.41) is 3.26. The van der Waals surface area contributed by atoms with E-state index < -0.39 is 0 Å². The molecule has 1 fully saturated rings. The van der Waals surface area contributed by atoms with Gasteiger partial charge in [0.2, 0.25) is 0 Å². The predicted molar refractivity (Wildman–Crippen MR) is 65.7 cm³/mol. The monoisotopic (exact) mass is 197 g/mol. The van der Waals surface area contributed by atoms with Crippen LogP contribution in [0.1, 0.15) is 59.3 Å². The van der Waals surface area contributed by atoms with Gasteiger partial charge in [-0.15, -0.1) is 0 Å². The molecule has 1 heteroatoms. The third kappa shape index (κ3) is 6.20. The highest BCUT2D eigenvalue weighted by Crippen LogP contribution is 2.24. The SMILES string of the molecule is CC.CNC(C)CCC=C1CCCC1. The van der Waals surface area contributed by atoms with Gasteiger partial charge in [0.25, 0.3) is 0 Å². The first-order chi connectivity index (χ1) is 6.83. The molecule has 0 bridgehead atoms. The maximum absolute atomic E-state index is 3.26. The zero-order chi connectivity index (χ0) is 10.8. The van der Waals surface area contributed by atoms with Crippen molar-refractivity contribution in [3.05, 3.63) is 11.6 Å². The average molecular weight is 197 g/mol. The Hall–Kier alpha value is -0.300. The minimum absolute atomic E-state index is 0.670. The fourth-order valence-electron chi connectivity index (χ4n) is 1.72. The van der Waals surface area contributed by atoms with Gasteiger partial charge < -0.3 is 5.32 Å². The molecule has 1 unspecified atom stereocenters. The molecule has 0 aromatic heterocycles. The lowest BCUT2D eigenvalue weighted by Crippen LogP contribution is -2.20. The fraction of sp³-hybridized carbons (Fsp3) is 0.846. The number of hydrogen-bond donors (Lipinski definition) is 1. The van der Waals surface area contributed by atoms with Gasteiger partial charge in [-0.25, -0.2) is 0 Å².